The molecule has 0 radical (unpaired) electrons. The van der Waals surface area contributed by atoms with E-state index in [4.69, 9.17) is 10.5 Å². The molecule has 0 unspecified atom stereocenters. The van der Waals surface area contributed by atoms with Crippen molar-refractivity contribution in [3.05, 3.63) is 24.0 Å². The van der Waals surface area contributed by atoms with Gasteiger partial charge in [0.25, 0.3) is 0 Å². The number of benzene rings is 1. The Labute approximate surface area is 109 Å². The smallest absolute Gasteiger partial charge is 0.167 e. The van der Waals surface area contributed by atoms with Gasteiger partial charge in [-0.2, -0.15) is 0 Å². The summed E-state index contributed by atoms with van der Waals surface area (Å²) in [5.74, 6) is -0.0283. The third-order valence-corrected chi connectivity index (χ3v) is 2.87. The summed E-state index contributed by atoms with van der Waals surface area (Å²) in [5.41, 5.74) is 6.54. The van der Waals surface area contributed by atoms with Gasteiger partial charge in [0.15, 0.2) is 11.6 Å². The number of rotatable bonds is 6. The van der Waals surface area contributed by atoms with Crippen LogP contribution in [0.25, 0.3) is 0 Å². The predicted octanol–water partition coefficient (Wildman–Crippen LogP) is 2.65. The average molecular weight is 254 g/mol. The predicted molar refractivity (Wildman–Crippen MR) is 73.7 cm³/mol. The zero-order chi connectivity index (χ0) is 13.8. The highest BCUT2D eigenvalue weighted by molar-refractivity contribution is 5.49. The fourth-order valence-electron chi connectivity index (χ4n) is 1.80. The minimum Gasteiger partial charge on any atom is -0.491 e. The van der Waals surface area contributed by atoms with Crippen LogP contribution in [-0.2, 0) is 0 Å². The summed E-state index contributed by atoms with van der Waals surface area (Å²) in [4.78, 5) is 2.01. The Bertz CT molecular complexity index is 393. The van der Waals surface area contributed by atoms with Gasteiger partial charge >= 0.3 is 0 Å². The SMILES string of the molecule is CCOc1ccc(N(C)CC(C)(C)CN)cc1F. The molecular formula is C14H23FN2O. The highest BCUT2D eigenvalue weighted by Gasteiger charge is 2.19. The normalized spacial score (nSPS) is 11.4. The summed E-state index contributed by atoms with van der Waals surface area (Å²) in [6.45, 7) is 7.85. The van der Waals surface area contributed by atoms with E-state index >= 15 is 0 Å². The topological polar surface area (TPSA) is 38.5 Å². The molecule has 0 amide bonds. The number of nitrogens with zero attached hydrogens (tertiary/aromatic N) is 1. The van der Waals surface area contributed by atoms with Crippen molar-refractivity contribution in [1.82, 2.24) is 0 Å². The van der Waals surface area contributed by atoms with Crippen LogP contribution in [0.1, 0.15) is 20.8 Å². The first-order valence-corrected chi connectivity index (χ1v) is 6.23. The first kappa shape index (κ1) is 14.8. The molecule has 0 spiro atoms. The van der Waals surface area contributed by atoms with Gasteiger partial charge < -0.3 is 15.4 Å². The molecule has 102 valence electrons. The molecule has 0 aliphatic rings. The van der Waals surface area contributed by atoms with Gasteiger partial charge in [0.05, 0.1) is 6.61 Å². The minimum atomic E-state index is -0.327. The van der Waals surface area contributed by atoms with Gasteiger partial charge in [0.2, 0.25) is 0 Å². The minimum absolute atomic E-state index is 0.00379. The molecule has 4 heteroatoms. The molecule has 1 aromatic carbocycles. The molecule has 0 aromatic heterocycles. The van der Waals surface area contributed by atoms with E-state index in [2.05, 4.69) is 13.8 Å². The Hall–Kier alpha value is -1.29. The van der Waals surface area contributed by atoms with E-state index in [1.54, 1.807) is 6.07 Å². The van der Waals surface area contributed by atoms with E-state index in [1.165, 1.54) is 6.07 Å². The third kappa shape index (κ3) is 3.88. The monoisotopic (exact) mass is 254 g/mol. The molecule has 0 aliphatic heterocycles. The number of ether oxygens (including phenoxy) is 1. The van der Waals surface area contributed by atoms with Gasteiger partial charge in [0.1, 0.15) is 0 Å². The molecule has 0 heterocycles. The fraction of sp³-hybridized carbons (Fsp3) is 0.571. The summed E-state index contributed by atoms with van der Waals surface area (Å²) in [6, 6.07) is 5.03. The third-order valence-electron chi connectivity index (χ3n) is 2.87. The largest absolute Gasteiger partial charge is 0.491 e. The maximum Gasteiger partial charge on any atom is 0.167 e. The van der Waals surface area contributed by atoms with E-state index in [-0.39, 0.29) is 11.2 Å². The highest BCUT2D eigenvalue weighted by Crippen LogP contribution is 2.25. The van der Waals surface area contributed by atoms with Gasteiger partial charge in [-0.1, -0.05) is 13.8 Å². The number of hydrogen-bond acceptors (Lipinski definition) is 3. The van der Waals surface area contributed by atoms with Gasteiger partial charge in [-0.25, -0.2) is 4.39 Å². The standard InChI is InChI=1S/C14H23FN2O/c1-5-18-13-7-6-11(8-12(13)15)17(4)10-14(2,3)9-16/h6-8H,5,9-10,16H2,1-4H3. The molecule has 0 saturated heterocycles. The van der Waals surface area contributed by atoms with Crippen molar-refractivity contribution in [1.29, 1.82) is 0 Å². The molecule has 0 fully saturated rings. The van der Waals surface area contributed by atoms with Crippen LogP contribution < -0.4 is 15.4 Å². The molecule has 3 nitrogen and oxygen atoms in total. The molecule has 0 aliphatic carbocycles. The fourth-order valence-corrected chi connectivity index (χ4v) is 1.80. The summed E-state index contributed by atoms with van der Waals surface area (Å²) in [5, 5.41) is 0. The van der Waals surface area contributed by atoms with Crippen LogP contribution in [-0.4, -0.2) is 26.7 Å². The highest BCUT2D eigenvalue weighted by atomic mass is 19.1. The Kier molecular flexibility index (Phi) is 4.96. The van der Waals surface area contributed by atoms with Crippen LogP contribution in [0.15, 0.2) is 18.2 Å². The molecule has 1 rings (SSSR count). The maximum absolute atomic E-state index is 13.7. The lowest BCUT2D eigenvalue weighted by Gasteiger charge is -2.30. The second-order valence-electron chi connectivity index (χ2n) is 5.27. The van der Waals surface area contributed by atoms with Crippen molar-refractivity contribution < 1.29 is 9.13 Å². The molecule has 18 heavy (non-hydrogen) atoms. The van der Waals surface area contributed by atoms with Gasteiger partial charge in [-0.3, -0.25) is 0 Å². The number of hydrogen-bond donors (Lipinski definition) is 1. The van der Waals surface area contributed by atoms with Crippen molar-refractivity contribution >= 4 is 5.69 Å². The van der Waals surface area contributed by atoms with E-state index in [0.29, 0.717) is 18.9 Å². The first-order chi connectivity index (χ1) is 8.39. The van der Waals surface area contributed by atoms with Crippen LogP contribution in [0.5, 0.6) is 5.75 Å². The van der Waals surface area contributed by atoms with E-state index in [9.17, 15) is 4.39 Å². The summed E-state index contributed by atoms with van der Waals surface area (Å²) in [6.07, 6.45) is 0. The summed E-state index contributed by atoms with van der Waals surface area (Å²) >= 11 is 0. The van der Waals surface area contributed by atoms with Crippen LogP contribution >= 0.6 is 0 Å². The van der Waals surface area contributed by atoms with Gasteiger partial charge in [-0.05, 0) is 31.0 Å². The van der Waals surface area contributed by atoms with E-state index in [0.717, 1.165) is 12.2 Å². The zero-order valence-corrected chi connectivity index (χ0v) is 11.7. The van der Waals surface area contributed by atoms with Gasteiger partial charge in [0, 0.05) is 25.3 Å². The lowest BCUT2D eigenvalue weighted by atomic mass is 9.93. The van der Waals surface area contributed by atoms with Crippen molar-refractivity contribution in [2.45, 2.75) is 20.8 Å². The second kappa shape index (κ2) is 6.05. The van der Waals surface area contributed by atoms with Crippen molar-refractivity contribution in [3.8, 4) is 5.75 Å². The molecular weight excluding hydrogens is 231 g/mol. The van der Waals surface area contributed by atoms with E-state index < -0.39 is 0 Å². The first-order valence-electron chi connectivity index (χ1n) is 6.23. The van der Waals surface area contributed by atoms with E-state index in [1.807, 2.05) is 24.9 Å². The quantitative estimate of drug-likeness (QED) is 0.848. The average Bonchev–Trinajstić information content (AvgIpc) is 2.31. The summed E-state index contributed by atoms with van der Waals surface area (Å²) < 4.78 is 18.9. The van der Waals surface area contributed by atoms with Crippen LogP contribution in [0.2, 0.25) is 0 Å². The lowest BCUT2D eigenvalue weighted by Crippen LogP contribution is -2.36. The Morgan fingerprint density at radius 1 is 1.39 bits per heavy atom. The Balaban J connectivity index is 2.81. The molecule has 2 N–H and O–H groups in total. The number of nitrogens with two attached hydrogens (primary N) is 1. The summed E-state index contributed by atoms with van der Waals surface area (Å²) in [7, 11) is 1.94. The van der Waals surface area contributed by atoms with Crippen LogP contribution in [0, 0.1) is 11.2 Å². The maximum atomic E-state index is 13.7. The second-order valence-corrected chi connectivity index (χ2v) is 5.27. The number of halogens is 1. The lowest BCUT2D eigenvalue weighted by molar-refractivity contribution is 0.321. The Morgan fingerprint density at radius 2 is 2.06 bits per heavy atom. The molecule has 0 saturated carbocycles. The van der Waals surface area contributed by atoms with Crippen molar-refractivity contribution in [2.24, 2.45) is 11.1 Å². The van der Waals surface area contributed by atoms with Crippen molar-refractivity contribution in [3.63, 3.8) is 0 Å². The van der Waals surface area contributed by atoms with Crippen LogP contribution in [0.3, 0.4) is 0 Å². The van der Waals surface area contributed by atoms with Crippen molar-refractivity contribution in [2.75, 3.05) is 31.6 Å². The van der Waals surface area contributed by atoms with Gasteiger partial charge in [-0.15, -0.1) is 0 Å². The number of anilines is 1. The zero-order valence-electron chi connectivity index (χ0n) is 11.7. The molecule has 0 bridgehead atoms. The molecule has 0 atom stereocenters. The Morgan fingerprint density at radius 3 is 2.56 bits per heavy atom. The molecule has 1 aromatic rings. The van der Waals surface area contributed by atoms with Crippen LogP contribution in [0.4, 0.5) is 10.1 Å².